The van der Waals surface area contributed by atoms with Gasteiger partial charge in [0.05, 0.1) is 23.0 Å². The van der Waals surface area contributed by atoms with E-state index >= 15 is 0 Å². The molecule has 3 aromatic carbocycles. The zero-order valence-electron chi connectivity index (χ0n) is 15.5. The van der Waals surface area contributed by atoms with Crippen LogP contribution >= 0.6 is 11.3 Å². The number of methoxy groups -OCH3 is 1. The van der Waals surface area contributed by atoms with Gasteiger partial charge in [0, 0.05) is 12.0 Å². The fraction of sp³-hybridized carbons (Fsp3) is 0.130. The number of aryl methyl sites for hydroxylation is 1. The number of benzene rings is 3. The number of carbonyl (C=O) groups excluding carboxylic acids is 1. The van der Waals surface area contributed by atoms with Crippen molar-refractivity contribution in [1.82, 2.24) is 4.98 Å². The number of ether oxygens (including phenoxy) is 1. The molecule has 1 heterocycles. The quantitative estimate of drug-likeness (QED) is 0.472. The fourth-order valence-corrected chi connectivity index (χ4v) is 4.01. The molecular weight excluding hydrogens is 368 g/mol. The Morgan fingerprint density at radius 1 is 1.04 bits per heavy atom. The molecule has 0 saturated heterocycles. The van der Waals surface area contributed by atoms with Gasteiger partial charge in [0.2, 0.25) is 5.91 Å². The van der Waals surface area contributed by atoms with Crippen LogP contribution in [-0.4, -0.2) is 18.0 Å². The normalized spacial score (nSPS) is 10.8. The topological polar surface area (TPSA) is 51.2 Å². The van der Waals surface area contributed by atoms with Crippen LogP contribution in [0.1, 0.15) is 12.0 Å². The Hall–Kier alpha value is -3.18. The molecule has 0 aliphatic heterocycles. The minimum absolute atomic E-state index is 0.0383. The van der Waals surface area contributed by atoms with Gasteiger partial charge in [0.15, 0.2) is 0 Å². The van der Waals surface area contributed by atoms with Gasteiger partial charge >= 0.3 is 0 Å². The average Bonchev–Trinajstić information content (AvgIpc) is 3.17. The van der Waals surface area contributed by atoms with E-state index in [1.54, 1.807) is 18.4 Å². The molecule has 5 heteroatoms. The molecule has 0 aliphatic carbocycles. The first-order valence-electron chi connectivity index (χ1n) is 9.11. The Morgan fingerprint density at radius 3 is 2.61 bits per heavy atom. The van der Waals surface area contributed by atoms with Crippen LogP contribution < -0.4 is 10.1 Å². The fourth-order valence-electron chi connectivity index (χ4n) is 3.05. The van der Waals surface area contributed by atoms with Crippen LogP contribution in [0.3, 0.4) is 0 Å². The summed E-state index contributed by atoms with van der Waals surface area (Å²) in [5.74, 6) is 0.599. The maximum absolute atomic E-state index is 12.5. The molecule has 28 heavy (non-hydrogen) atoms. The summed E-state index contributed by atoms with van der Waals surface area (Å²) in [5, 5.41) is 3.91. The van der Waals surface area contributed by atoms with Crippen molar-refractivity contribution in [1.29, 1.82) is 0 Å². The molecule has 0 atom stereocenters. The Kier molecular flexibility index (Phi) is 5.35. The molecule has 1 amide bonds. The first kappa shape index (κ1) is 18.2. The molecule has 0 fully saturated rings. The van der Waals surface area contributed by atoms with E-state index in [1.165, 1.54) is 0 Å². The summed E-state index contributed by atoms with van der Waals surface area (Å²) in [7, 11) is 1.60. The SMILES string of the molecule is COc1ccc(-c2nc3ccccc3s2)cc1NC(=O)CCc1ccccc1. The maximum Gasteiger partial charge on any atom is 0.224 e. The predicted molar refractivity (Wildman–Crippen MR) is 115 cm³/mol. The summed E-state index contributed by atoms with van der Waals surface area (Å²) >= 11 is 1.63. The van der Waals surface area contributed by atoms with Gasteiger partial charge in [-0.15, -0.1) is 11.3 Å². The number of rotatable bonds is 6. The highest BCUT2D eigenvalue weighted by Gasteiger charge is 2.12. The van der Waals surface area contributed by atoms with Gasteiger partial charge in [-0.05, 0) is 42.3 Å². The van der Waals surface area contributed by atoms with Crippen molar-refractivity contribution < 1.29 is 9.53 Å². The Balaban J connectivity index is 1.54. The summed E-state index contributed by atoms with van der Waals surface area (Å²) in [5.41, 5.74) is 3.75. The number of fused-ring (bicyclic) bond motifs is 1. The number of thiazole rings is 1. The van der Waals surface area contributed by atoms with Crippen molar-refractivity contribution in [2.75, 3.05) is 12.4 Å². The minimum atomic E-state index is -0.0383. The lowest BCUT2D eigenvalue weighted by molar-refractivity contribution is -0.116. The van der Waals surface area contributed by atoms with Gasteiger partial charge < -0.3 is 10.1 Å². The molecule has 140 valence electrons. The monoisotopic (exact) mass is 388 g/mol. The lowest BCUT2D eigenvalue weighted by atomic mass is 10.1. The standard InChI is InChI=1S/C23H20N2O2S/c1-27-20-13-12-17(23-25-18-9-5-6-10-21(18)28-23)15-19(20)24-22(26)14-11-16-7-3-2-4-8-16/h2-10,12-13,15H,11,14H2,1H3,(H,24,26). The smallest absolute Gasteiger partial charge is 0.224 e. The summed E-state index contributed by atoms with van der Waals surface area (Å²) in [6, 6.07) is 23.8. The van der Waals surface area contributed by atoms with Crippen molar-refractivity contribution >= 4 is 33.1 Å². The number of nitrogens with one attached hydrogen (secondary N) is 1. The third-order valence-corrected chi connectivity index (χ3v) is 5.58. The van der Waals surface area contributed by atoms with E-state index in [0.29, 0.717) is 24.3 Å². The molecule has 0 saturated carbocycles. The molecule has 1 N–H and O–H groups in total. The molecule has 0 spiro atoms. The van der Waals surface area contributed by atoms with Crippen molar-refractivity contribution in [3.05, 3.63) is 78.4 Å². The molecule has 0 unspecified atom stereocenters. The Bertz CT molecular complexity index is 1070. The van der Waals surface area contributed by atoms with Crippen LogP contribution in [0.2, 0.25) is 0 Å². The number of hydrogen-bond donors (Lipinski definition) is 1. The maximum atomic E-state index is 12.5. The number of anilines is 1. The van der Waals surface area contributed by atoms with Crippen molar-refractivity contribution in [2.45, 2.75) is 12.8 Å². The Labute approximate surface area is 167 Å². The van der Waals surface area contributed by atoms with Crippen LogP contribution in [-0.2, 0) is 11.2 Å². The van der Waals surface area contributed by atoms with Gasteiger partial charge in [-0.1, -0.05) is 42.5 Å². The van der Waals surface area contributed by atoms with Crippen LogP contribution in [0, 0.1) is 0 Å². The van der Waals surface area contributed by atoms with E-state index in [1.807, 2.05) is 66.7 Å². The second-order valence-corrected chi connectivity index (χ2v) is 7.47. The number of para-hydroxylation sites is 1. The number of hydrogen-bond acceptors (Lipinski definition) is 4. The van der Waals surface area contributed by atoms with Crippen LogP contribution in [0.5, 0.6) is 5.75 Å². The lowest BCUT2D eigenvalue weighted by Crippen LogP contribution is -2.13. The highest BCUT2D eigenvalue weighted by atomic mass is 32.1. The summed E-state index contributed by atoms with van der Waals surface area (Å²) in [6.45, 7) is 0. The number of nitrogens with zero attached hydrogens (tertiary/aromatic N) is 1. The van der Waals surface area contributed by atoms with Crippen LogP contribution in [0.25, 0.3) is 20.8 Å². The van der Waals surface area contributed by atoms with E-state index in [2.05, 4.69) is 11.4 Å². The molecule has 0 aliphatic rings. The highest BCUT2D eigenvalue weighted by Crippen LogP contribution is 2.34. The van der Waals surface area contributed by atoms with E-state index in [-0.39, 0.29) is 5.91 Å². The van der Waals surface area contributed by atoms with Crippen molar-refractivity contribution in [3.63, 3.8) is 0 Å². The zero-order valence-corrected chi connectivity index (χ0v) is 16.3. The summed E-state index contributed by atoms with van der Waals surface area (Å²) < 4.78 is 6.57. The Morgan fingerprint density at radius 2 is 1.82 bits per heavy atom. The zero-order chi connectivity index (χ0) is 19.3. The van der Waals surface area contributed by atoms with E-state index in [4.69, 9.17) is 9.72 Å². The van der Waals surface area contributed by atoms with Crippen molar-refractivity contribution in [3.8, 4) is 16.3 Å². The predicted octanol–water partition coefficient (Wildman–Crippen LogP) is 5.54. The molecule has 4 rings (SSSR count). The number of carbonyl (C=O) groups is 1. The van der Waals surface area contributed by atoms with Gasteiger partial charge in [-0.3, -0.25) is 4.79 Å². The van der Waals surface area contributed by atoms with Gasteiger partial charge in [0.1, 0.15) is 10.8 Å². The highest BCUT2D eigenvalue weighted by molar-refractivity contribution is 7.21. The molecule has 0 bridgehead atoms. The average molecular weight is 388 g/mol. The number of amides is 1. The first-order valence-corrected chi connectivity index (χ1v) is 9.92. The van der Waals surface area contributed by atoms with Gasteiger partial charge in [-0.2, -0.15) is 0 Å². The van der Waals surface area contributed by atoms with E-state index in [0.717, 1.165) is 26.4 Å². The second-order valence-electron chi connectivity index (χ2n) is 6.44. The second kappa shape index (κ2) is 8.23. The largest absolute Gasteiger partial charge is 0.495 e. The first-order chi connectivity index (χ1) is 13.7. The van der Waals surface area contributed by atoms with Gasteiger partial charge in [-0.25, -0.2) is 4.98 Å². The minimum Gasteiger partial charge on any atom is -0.495 e. The number of aromatic nitrogens is 1. The molecular formula is C23H20N2O2S. The van der Waals surface area contributed by atoms with Crippen LogP contribution in [0.4, 0.5) is 5.69 Å². The molecule has 0 radical (unpaired) electrons. The third-order valence-electron chi connectivity index (χ3n) is 4.50. The third kappa shape index (κ3) is 4.05. The summed E-state index contributed by atoms with van der Waals surface area (Å²) in [4.78, 5) is 17.2. The van der Waals surface area contributed by atoms with Crippen molar-refractivity contribution in [2.24, 2.45) is 0 Å². The van der Waals surface area contributed by atoms with E-state index in [9.17, 15) is 4.79 Å². The lowest BCUT2D eigenvalue weighted by Gasteiger charge is -2.11. The van der Waals surface area contributed by atoms with Gasteiger partial charge in [0.25, 0.3) is 0 Å². The molecule has 4 nitrogen and oxygen atoms in total. The molecule has 1 aromatic heterocycles. The van der Waals surface area contributed by atoms with Crippen LogP contribution in [0.15, 0.2) is 72.8 Å². The molecule has 4 aromatic rings. The van der Waals surface area contributed by atoms with E-state index < -0.39 is 0 Å². The summed E-state index contributed by atoms with van der Waals surface area (Å²) in [6.07, 6.45) is 1.12.